The lowest BCUT2D eigenvalue weighted by Gasteiger charge is -2.12. The number of nitrogens with one attached hydrogen (secondary N) is 1. The van der Waals surface area contributed by atoms with Crippen molar-refractivity contribution in [2.45, 2.75) is 31.8 Å². The molecule has 1 rings (SSSR count). The molecule has 5 heteroatoms. The lowest BCUT2D eigenvalue weighted by atomic mass is 10.2. The predicted molar refractivity (Wildman–Crippen MR) is 72.4 cm³/mol. The summed E-state index contributed by atoms with van der Waals surface area (Å²) in [5, 5.41) is 3.84. The number of hydrogen-bond acceptors (Lipinski definition) is 3. The van der Waals surface area contributed by atoms with E-state index in [1.54, 1.807) is 18.2 Å². The van der Waals surface area contributed by atoms with E-state index in [1.807, 2.05) is 17.8 Å². The third-order valence-corrected chi connectivity index (χ3v) is 3.67. The van der Waals surface area contributed by atoms with Crippen molar-refractivity contribution in [3.63, 3.8) is 0 Å². The van der Waals surface area contributed by atoms with Gasteiger partial charge >= 0.3 is 6.61 Å². The second kappa shape index (κ2) is 8.32. The summed E-state index contributed by atoms with van der Waals surface area (Å²) in [6.45, 7) is 0.803. The Hall–Kier alpha value is -0.810. The molecule has 0 heterocycles. The van der Waals surface area contributed by atoms with Gasteiger partial charge in [-0.15, -0.1) is 0 Å². The van der Waals surface area contributed by atoms with Gasteiger partial charge in [0.2, 0.25) is 0 Å². The van der Waals surface area contributed by atoms with Crippen LogP contribution in [0.5, 0.6) is 5.75 Å². The molecule has 1 aromatic rings. The number of thioether (sulfide) groups is 1. The Morgan fingerprint density at radius 3 is 2.72 bits per heavy atom. The average molecular weight is 275 g/mol. The normalized spacial score (nSPS) is 12.7. The van der Waals surface area contributed by atoms with Crippen LogP contribution in [0, 0.1) is 0 Å². The van der Waals surface area contributed by atoms with E-state index in [2.05, 4.69) is 23.2 Å². The van der Waals surface area contributed by atoms with Gasteiger partial charge in [0.15, 0.2) is 0 Å². The number of alkyl halides is 2. The van der Waals surface area contributed by atoms with Gasteiger partial charge < -0.3 is 10.1 Å². The lowest BCUT2D eigenvalue weighted by Crippen LogP contribution is -2.18. The molecular formula is C13H19F2NOS. The predicted octanol–water partition coefficient (Wildman–Crippen LogP) is 3.52. The monoisotopic (exact) mass is 275 g/mol. The smallest absolute Gasteiger partial charge is 0.387 e. The highest BCUT2D eigenvalue weighted by Crippen LogP contribution is 2.20. The summed E-state index contributed by atoms with van der Waals surface area (Å²) < 4.78 is 28.9. The molecule has 0 fully saturated rings. The van der Waals surface area contributed by atoms with Gasteiger partial charge in [0.1, 0.15) is 5.75 Å². The minimum atomic E-state index is -2.78. The van der Waals surface area contributed by atoms with E-state index in [9.17, 15) is 8.78 Å². The van der Waals surface area contributed by atoms with Crippen molar-refractivity contribution in [1.29, 1.82) is 0 Å². The minimum Gasteiger partial charge on any atom is -0.434 e. The number of ether oxygens (including phenoxy) is 1. The van der Waals surface area contributed by atoms with Crippen molar-refractivity contribution in [2.75, 3.05) is 12.8 Å². The van der Waals surface area contributed by atoms with Crippen LogP contribution in [-0.4, -0.2) is 24.7 Å². The minimum absolute atomic E-state index is 0.248. The highest BCUT2D eigenvalue weighted by Gasteiger charge is 2.08. The first kappa shape index (κ1) is 15.2. The fraction of sp³-hybridized carbons (Fsp3) is 0.538. The van der Waals surface area contributed by atoms with Gasteiger partial charge in [-0.1, -0.05) is 25.1 Å². The molecule has 0 aliphatic carbocycles. The van der Waals surface area contributed by atoms with E-state index in [1.165, 1.54) is 0 Å². The summed E-state index contributed by atoms with van der Waals surface area (Å²) in [6.07, 6.45) is 3.13. The summed E-state index contributed by atoms with van der Waals surface area (Å²) in [6, 6.07) is 6.87. The Balaban J connectivity index is 2.41. The molecule has 102 valence electrons. The average Bonchev–Trinajstić information content (AvgIpc) is 2.35. The quantitative estimate of drug-likeness (QED) is 0.733. The summed E-state index contributed by atoms with van der Waals surface area (Å²) in [5.41, 5.74) is 0.759. The fourth-order valence-corrected chi connectivity index (χ4v) is 1.86. The van der Waals surface area contributed by atoms with E-state index in [0.29, 0.717) is 11.8 Å². The highest BCUT2D eigenvalue weighted by molar-refractivity contribution is 7.99. The van der Waals surface area contributed by atoms with Crippen LogP contribution in [-0.2, 0) is 6.54 Å². The molecule has 1 atom stereocenters. The van der Waals surface area contributed by atoms with Crippen molar-refractivity contribution >= 4 is 11.8 Å². The number of benzene rings is 1. The van der Waals surface area contributed by atoms with Gasteiger partial charge in [-0.3, -0.25) is 0 Å². The molecule has 0 aliphatic heterocycles. The third kappa shape index (κ3) is 5.69. The van der Waals surface area contributed by atoms with Crippen LogP contribution in [0.2, 0.25) is 0 Å². The second-order valence-corrected chi connectivity index (χ2v) is 5.27. The van der Waals surface area contributed by atoms with Crippen LogP contribution < -0.4 is 10.1 Å². The van der Waals surface area contributed by atoms with Gasteiger partial charge in [0.05, 0.1) is 0 Å². The largest absolute Gasteiger partial charge is 0.434 e. The van der Waals surface area contributed by atoms with E-state index in [4.69, 9.17) is 0 Å². The van der Waals surface area contributed by atoms with Crippen LogP contribution in [0.25, 0.3) is 0 Å². The standard InChI is InChI=1S/C13H19F2NOS/c1-10(18-2)7-8-16-9-11-5-3-4-6-12(11)17-13(14)15/h3-6,10,13,16H,7-9H2,1-2H3. The topological polar surface area (TPSA) is 21.3 Å². The zero-order valence-corrected chi connectivity index (χ0v) is 11.5. The molecule has 0 saturated carbocycles. The first-order chi connectivity index (χ1) is 8.63. The summed E-state index contributed by atoms with van der Waals surface area (Å²) in [5.74, 6) is 0.248. The first-order valence-electron chi connectivity index (χ1n) is 5.89. The van der Waals surface area contributed by atoms with E-state index >= 15 is 0 Å². The molecule has 0 spiro atoms. The Morgan fingerprint density at radius 1 is 1.33 bits per heavy atom. The molecule has 0 amide bonds. The third-order valence-electron chi connectivity index (χ3n) is 2.63. The number of para-hydroxylation sites is 1. The zero-order chi connectivity index (χ0) is 13.4. The molecule has 1 aromatic carbocycles. The van der Waals surface area contributed by atoms with Gasteiger partial charge in [-0.2, -0.15) is 20.5 Å². The van der Waals surface area contributed by atoms with Crippen molar-refractivity contribution in [3.8, 4) is 5.75 Å². The number of rotatable bonds is 8. The van der Waals surface area contributed by atoms with Crippen molar-refractivity contribution < 1.29 is 13.5 Å². The lowest BCUT2D eigenvalue weighted by molar-refractivity contribution is -0.0504. The summed E-state index contributed by atoms with van der Waals surface area (Å²) >= 11 is 1.82. The molecule has 0 saturated heterocycles. The molecule has 0 radical (unpaired) electrons. The Kier molecular flexibility index (Phi) is 7.05. The molecule has 2 nitrogen and oxygen atoms in total. The maximum absolute atomic E-state index is 12.2. The maximum Gasteiger partial charge on any atom is 0.387 e. The van der Waals surface area contributed by atoms with Crippen LogP contribution in [0.3, 0.4) is 0 Å². The van der Waals surface area contributed by atoms with Crippen molar-refractivity contribution in [1.82, 2.24) is 5.32 Å². The Bertz CT molecular complexity index is 350. The molecule has 0 aromatic heterocycles. The Morgan fingerprint density at radius 2 is 2.06 bits per heavy atom. The van der Waals surface area contributed by atoms with Gasteiger partial charge in [0.25, 0.3) is 0 Å². The van der Waals surface area contributed by atoms with E-state index < -0.39 is 6.61 Å². The van der Waals surface area contributed by atoms with E-state index in [0.717, 1.165) is 18.5 Å². The maximum atomic E-state index is 12.2. The molecular weight excluding hydrogens is 256 g/mol. The van der Waals surface area contributed by atoms with Gasteiger partial charge in [-0.25, -0.2) is 0 Å². The number of halogens is 2. The summed E-state index contributed by atoms with van der Waals surface area (Å²) in [4.78, 5) is 0. The van der Waals surface area contributed by atoms with Crippen LogP contribution in [0.1, 0.15) is 18.9 Å². The fourth-order valence-electron chi connectivity index (χ4n) is 1.51. The first-order valence-corrected chi connectivity index (χ1v) is 7.18. The van der Waals surface area contributed by atoms with E-state index in [-0.39, 0.29) is 5.75 Å². The van der Waals surface area contributed by atoms with Crippen molar-refractivity contribution in [3.05, 3.63) is 29.8 Å². The molecule has 18 heavy (non-hydrogen) atoms. The molecule has 1 N–H and O–H groups in total. The molecule has 0 aliphatic rings. The SMILES string of the molecule is CSC(C)CCNCc1ccccc1OC(F)F. The van der Waals surface area contributed by atoms with Gasteiger partial charge in [-0.05, 0) is 25.3 Å². The zero-order valence-electron chi connectivity index (χ0n) is 10.7. The second-order valence-electron chi connectivity index (χ2n) is 4.00. The summed E-state index contributed by atoms with van der Waals surface area (Å²) in [7, 11) is 0. The van der Waals surface area contributed by atoms with Crippen LogP contribution in [0.4, 0.5) is 8.78 Å². The van der Waals surface area contributed by atoms with Gasteiger partial charge in [0, 0.05) is 17.4 Å². The molecule has 0 bridgehead atoms. The molecule has 1 unspecified atom stereocenters. The Labute approximate surface area is 111 Å². The van der Waals surface area contributed by atoms with Crippen LogP contribution >= 0.6 is 11.8 Å². The number of hydrogen-bond donors (Lipinski definition) is 1. The van der Waals surface area contributed by atoms with Crippen LogP contribution in [0.15, 0.2) is 24.3 Å². The van der Waals surface area contributed by atoms with Crippen molar-refractivity contribution in [2.24, 2.45) is 0 Å². The highest BCUT2D eigenvalue weighted by atomic mass is 32.2.